The molecule has 0 radical (unpaired) electrons. The number of hydrogen-bond donors (Lipinski definition) is 0. The molecule has 0 fully saturated rings. The summed E-state index contributed by atoms with van der Waals surface area (Å²) in [6.45, 7) is 1.77. The van der Waals surface area contributed by atoms with Crippen molar-refractivity contribution in [3.8, 4) is 0 Å². The van der Waals surface area contributed by atoms with Crippen LogP contribution < -0.4 is 0 Å². The highest BCUT2D eigenvalue weighted by molar-refractivity contribution is 9.10. The van der Waals surface area contributed by atoms with E-state index in [9.17, 15) is 4.79 Å². The summed E-state index contributed by atoms with van der Waals surface area (Å²) < 4.78 is 2.40. The molecule has 2 aromatic rings. The molecule has 94 valence electrons. The molecule has 0 aliphatic carbocycles. The van der Waals surface area contributed by atoms with E-state index in [1.165, 1.54) is 0 Å². The van der Waals surface area contributed by atoms with Gasteiger partial charge in [-0.2, -0.15) is 5.10 Å². The molecule has 0 saturated heterocycles. The number of Topliss-reactive ketones (excluding diaryl/α,β-unsaturated/α-hetero) is 1. The average Bonchev–Trinajstić information content (AvgIpc) is 2.74. The van der Waals surface area contributed by atoms with E-state index in [0.717, 1.165) is 4.47 Å². The summed E-state index contributed by atoms with van der Waals surface area (Å²) in [5, 5.41) is 4.95. The van der Waals surface area contributed by atoms with Gasteiger partial charge in [-0.1, -0.05) is 23.2 Å². The summed E-state index contributed by atoms with van der Waals surface area (Å²) in [4.78, 5) is 12.3. The molecule has 1 atom stereocenters. The van der Waals surface area contributed by atoms with Crippen molar-refractivity contribution in [3.05, 3.63) is 50.7 Å². The second-order valence-electron chi connectivity index (χ2n) is 3.80. The minimum atomic E-state index is -0.421. The summed E-state index contributed by atoms with van der Waals surface area (Å²) in [6.07, 6.45) is 3.37. The van der Waals surface area contributed by atoms with Gasteiger partial charge < -0.3 is 0 Å². The fourth-order valence-corrected chi connectivity index (χ4v) is 2.36. The highest BCUT2D eigenvalue weighted by atomic mass is 79.9. The predicted octanol–water partition coefficient (Wildman–Crippen LogP) is 4.40. The van der Waals surface area contributed by atoms with Crippen LogP contribution in [0.15, 0.2) is 35.1 Å². The second kappa shape index (κ2) is 5.43. The lowest BCUT2D eigenvalue weighted by Gasteiger charge is -2.12. The van der Waals surface area contributed by atoms with E-state index < -0.39 is 6.04 Å². The Morgan fingerprint density at radius 2 is 2.17 bits per heavy atom. The molecule has 0 spiro atoms. The minimum absolute atomic E-state index is 0.104. The molecule has 18 heavy (non-hydrogen) atoms. The lowest BCUT2D eigenvalue weighted by Crippen LogP contribution is -2.17. The third-order valence-electron chi connectivity index (χ3n) is 2.54. The first-order valence-corrected chi connectivity index (χ1v) is 6.73. The van der Waals surface area contributed by atoms with E-state index in [1.807, 2.05) is 0 Å². The number of nitrogens with zero attached hydrogens (tertiary/aromatic N) is 2. The highest BCUT2D eigenvalue weighted by Gasteiger charge is 2.20. The molecule has 1 heterocycles. The first kappa shape index (κ1) is 13.6. The first-order chi connectivity index (χ1) is 8.49. The zero-order chi connectivity index (χ0) is 13.3. The first-order valence-electron chi connectivity index (χ1n) is 5.18. The van der Waals surface area contributed by atoms with Gasteiger partial charge in [-0.05, 0) is 41.1 Å². The van der Waals surface area contributed by atoms with E-state index >= 15 is 0 Å². The van der Waals surface area contributed by atoms with Crippen molar-refractivity contribution in [1.82, 2.24) is 9.78 Å². The van der Waals surface area contributed by atoms with Gasteiger partial charge in [-0.15, -0.1) is 0 Å². The standard InChI is InChI=1S/C12H9BrCl2N2O/c1-7(17-6-8(13)5-16-17)12(18)10-3-2-9(14)4-11(10)15/h2-7H,1H3. The van der Waals surface area contributed by atoms with Crippen LogP contribution >= 0.6 is 39.1 Å². The zero-order valence-corrected chi connectivity index (χ0v) is 12.5. The highest BCUT2D eigenvalue weighted by Crippen LogP contribution is 2.25. The topological polar surface area (TPSA) is 34.9 Å². The summed E-state index contributed by atoms with van der Waals surface area (Å²) in [5.41, 5.74) is 0.445. The molecule has 6 heteroatoms. The SMILES string of the molecule is CC(C(=O)c1ccc(Cl)cc1Cl)n1cc(Br)cn1. The molecular formula is C12H9BrCl2N2O. The molecule has 0 aliphatic rings. The number of hydrogen-bond acceptors (Lipinski definition) is 2. The van der Waals surface area contributed by atoms with E-state index in [2.05, 4.69) is 21.0 Å². The van der Waals surface area contributed by atoms with Crippen LogP contribution in [0.25, 0.3) is 0 Å². The minimum Gasteiger partial charge on any atom is -0.292 e. The van der Waals surface area contributed by atoms with E-state index in [0.29, 0.717) is 15.6 Å². The Morgan fingerprint density at radius 3 is 2.72 bits per heavy atom. The average molecular weight is 348 g/mol. The Kier molecular flexibility index (Phi) is 4.10. The summed E-state index contributed by atoms with van der Waals surface area (Å²) in [5.74, 6) is -0.104. The van der Waals surface area contributed by atoms with Crippen LogP contribution in [0.5, 0.6) is 0 Å². The van der Waals surface area contributed by atoms with Gasteiger partial charge >= 0.3 is 0 Å². The van der Waals surface area contributed by atoms with Crippen molar-refractivity contribution in [2.45, 2.75) is 13.0 Å². The maximum atomic E-state index is 12.3. The van der Waals surface area contributed by atoms with Gasteiger partial charge in [0.1, 0.15) is 6.04 Å². The molecule has 1 aromatic carbocycles. The van der Waals surface area contributed by atoms with Crippen molar-refractivity contribution >= 4 is 44.9 Å². The quantitative estimate of drug-likeness (QED) is 0.771. The Balaban J connectivity index is 2.31. The van der Waals surface area contributed by atoms with Crippen molar-refractivity contribution in [2.24, 2.45) is 0 Å². The number of rotatable bonds is 3. The van der Waals surface area contributed by atoms with Gasteiger partial charge in [-0.25, -0.2) is 0 Å². The molecule has 2 rings (SSSR count). The Bertz CT molecular complexity index is 598. The maximum absolute atomic E-state index is 12.3. The van der Waals surface area contributed by atoms with Gasteiger partial charge in [0.05, 0.1) is 15.7 Å². The van der Waals surface area contributed by atoms with Crippen LogP contribution in [0.2, 0.25) is 10.0 Å². The molecule has 0 saturated carbocycles. The Morgan fingerprint density at radius 1 is 1.44 bits per heavy atom. The van der Waals surface area contributed by atoms with Crippen molar-refractivity contribution in [3.63, 3.8) is 0 Å². The summed E-state index contributed by atoms with van der Waals surface area (Å²) in [7, 11) is 0. The molecule has 1 unspecified atom stereocenters. The number of carbonyl (C=O) groups is 1. The number of aromatic nitrogens is 2. The van der Waals surface area contributed by atoms with E-state index in [4.69, 9.17) is 23.2 Å². The predicted molar refractivity (Wildman–Crippen MR) is 75.4 cm³/mol. The van der Waals surface area contributed by atoms with Crippen LogP contribution in [0.3, 0.4) is 0 Å². The molecule has 3 nitrogen and oxygen atoms in total. The molecular weight excluding hydrogens is 339 g/mol. The van der Waals surface area contributed by atoms with E-state index in [1.54, 1.807) is 42.2 Å². The molecule has 0 amide bonds. The molecule has 0 bridgehead atoms. The van der Waals surface area contributed by atoms with Gasteiger partial charge in [-0.3, -0.25) is 9.48 Å². The third-order valence-corrected chi connectivity index (χ3v) is 3.50. The van der Waals surface area contributed by atoms with Gasteiger partial charge in [0, 0.05) is 16.8 Å². The summed E-state index contributed by atoms with van der Waals surface area (Å²) in [6, 6.07) is 4.41. The number of ketones is 1. The van der Waals surface area contributed by atoms with Gasteiger partial charge in [0.15, 0.2) is 5.78 Å². The Labute approximate surface area is 123 Å². The Hall–Kier alpha value is -0.840. The van der Waals surface area contributed by atoms with Crippen molar-refractivity contribution < 1.29 is 4.79 Å². The smallest absolute Gasteiger partial charge is 0.188 e. The third kappa shape index (κ3) is 2.76. The molecule has 0 aliphatic heterocycles. The van der Waals surface area contributed by atoms with Gasteiger partial charge in [0.25, 0.3) is 0 Å². The fourth-order valence-electron chi connectivity index (χ4n) is 1.56. The normalized spacial score (nSPS) is 12.4. The van der Waals surface area contributed by atoms with Crippen LogP contribution in [-0.4, -0.2) is 15.6 Å². The number of benzene rings is 1. The fraction of sp³-hybridized carbons (Fsp3) is 0.167. The van der Waals surface area contributed by atoms with Crippen LogP contribution in [0, 0.1) is 0 Å². The lowest BCUT2D eigenvalue weighted by atomic mass is 10.1. The van der Waals surface area contributed by atoms with Crippen LogP contribution in [0.1, 0.15) is 23.3 Å². The second-order valence-corrected chi connectivity index (χ2v) is 5.56. The zero-order valence-electron chi connectivity index (χ0n) is 9.40. The molecule has 0 N–H and O–H groups in total. The largest absolute Gasteiger partial charge is 0.292 e. The monoisotopic (exact) mass is 346 g/mol. The number of carbonyl (C=O) groups excluding carboxylic acids is 1. The lowest BCUT2D eigenvalue weighted by molar-refractivity contribution is 0.0928. The number of halogens is 3. The van der Waals surface area contributed by atoms with Crippen LogP contribution in [-0.2, 0) is 0 Å². The van der Waals surface area contributed by atoms with E-state index in [-0.39, 0.29) is 5.78 Å². The molecule has 1 aromatic heterocycles. The summed E-state index contributed by atoms with van der Waals surface area (Å²) >= 11 is 15.1. The van der Waals surface area contributed by atoms with Crippen molar-refractivity contribution in [2.75, 3.05) is 0 Å². The van der Waals surface area contributed by atoms with Gasteiger partial charge in [0.2, 0.25) is 0 Å². The maximum Gasteiger partial charge on any atom is 0.188 e. The van der Waals surface area contributed by atoms with Crippen molar-refractivity contribution in [1.29, 1.82) is 0 Å². The van der Waals surface area contributed by atoms with Crippen LogP contribution in [0.4, 0.5) is 0 Å².